The van der Waals surface area contributed by atoms with Gasteiger partial charge in [0, 0.05) is 43.3 Å². The number of para-hydroxylation sites is 1. The van der Waals surface area contributed by atoms with Crippen LogP contribution in [0.25, 0.3) is 16.9 Å². The molecule has 0 aliphatic carbocycles. The predicted molar refractivity (Wildman–Crippen MR) is 125 cm³/mol. The topological polar surface area (TPSA) is 56.0 Å². The normalized spacial score (nSPS) is 14.6. The monoisotopic (exact) mass is 425 g/mol. The molecule has 3 heterocycles. The van der Waals surface area contributed by atoms with E-state index in [0.29, 0.717) is 11.6 Å². The van der Waals surface area contributed by atoms with Crippen LogP contribution in [0.4, 0.5) is 0 Å². The quantitative estimate of drug-likeness (QED) is 0.463. The molecule has 0 bridgehead atoms. The number of piperidine rings is 1. The third-order valence-corrected chi connectivity index (χ3v) is 6.30. The Bertz CT molecular complexity index is 1170. The van der Waals surface area contributed by atoms with E-state index in [-0.39, 0.29) is 5.91 Å². The summed E-state index contributed by atoms with van der Waals surface area (Å²) in [5, 5.41) is 4.83. The molecule has 162 valence electrons. The average molecular weight is 426 g/mol. The number of amides is 1. The summed E-state index contributed by atoms with van der Waals surface area (Å²) in [5.41, 5.74) is 4.56. The van der Waals surface area contributed by atoms with Crippen molar-refractivity contribution >= 4 is 5.91 Å². The zero-order chi connectivity index (χ0) is 21.9. The summed E-state index contributed by atoms with van der Waals surface area (Å²) in [5.74, 6) is 0.0471. The van der Waals surface area contributed by atoms with Crippen molar-refractivity contribution in [3.8, 4) is 16.9 Å². The van der Waals surface area contributed by atoms with Gasteiger partial charge in [-0.15, -0.1) is 0 Å². The van der Waals surface area contributed by atoms with E-state index in [0.717, 1.165) is 49.3 Å². The van der Waals surface area contributed by atoms with E-state index in [9.17, 15) is 4.79 Å². The first-order valence-electron chi connectivity index (χ1n) is 11.2. The third-order valence-electron chi connectivity index (χ3n) is 6.30. The van der Waals surface area contributed by atoms with E-state index in [1.54, 1.807) is 0 Å². The number of aryl methyl sites for hydroxylation is 1. The van der Waals surface area contributed by atoms with E-state index in [4.69, 9.17) is 5.10 Å². The van der Waals surface area contributed by atoms with Gasteiger partial charge in [-0.05, 0) is 37.0 Å². The minimum absolute atomic E-state index is 0.0471. The number of imidazole rings is 1. The fraction of sp³-hybridized carbons (Fsp3) is 0.269. The molecule has 1 saturated heterocycles. The van der Waals surface area contributed by atoms with Crippen LogP contribution >= 0.6 is 0 Å². The molecule has 0 N–H and O–H groups in total. The Labute approximate surface area is 188 Å². The Kier molecular flexibility index (Phi) is 5.58. The predicted octanol–water partition coefficient (Wildman–Crippen LogP) is 4.78. The fourth-order valence-corrected chi connectivity index (χ4v) is 4.38. The number of carbonyl (C=O) groups is 1. The number of aromatic nitrogens is 4. The fourth-order valence-electron chi connectivity index (χ4n) is 4.38. The second-order valence-electron chi connectivity index (χ2n) is 8.26. The largest absolute Gasteiger partial charge is 0.338 e. The number of hydrogen-bond acceptors (Lipinski definition) is 3. The van der Waals surface area contributed by atoms with Crippen molar-refractivity contribution in [1.82, 2.24) is 24.2 Å². The van der Waals surface area contributed by atoms with Crippen LogP contribution in [-0.2, 0) is 6.42 Å². The van der Waals surface area contributed by atoms with Gasteiger partial charge in [0.05, 0.1) is 17.6 Å². The highest BCUT2D eigenvalue weighted by atomic mass is 16.2. The maximum absolute atomic E-state index is 13.6. The Hall–Kier alpha value is -3.67. The van der Waals surface area contributed by atoms with Gasteiger partial charge in [-0.2, -0.15) is 5.10 Å². The molecule has 1 amide bonds. The van der Waals surface area contributed by atoms with Gasteiger partial charge in [-0.3, -0.25) is 4.79 Å². The van der Waals surface area contributed by atoms with Crippen molar-refractivity contribution in [3.63, 3.8) is 0 Å². The molecule has 2 aromatic carbocycles. The molecule has 0 atom stereocenters. The van der Waals surface area contributed by atoms with Crippen molar-refractivity contribution in [2.45, 2.75) is 32.2 Å². The first kappa shape index (κ1) is 20.2. The molecular formula is C26H27N5O. The van der Waals surface area contributed by atoms with E-state index in [2.05, 4.69) is 40.7 Å². The van der Waals surface area contributed by atoms with Gasteiger partial charge < -0.3 is 9.47 Å². The van der Waals surface area contributed by atoms with Crippen LogP contribution in [-0.4, -0.2) is 43.2 Å². The summed E-state index contributed by atoms with van der Waals surface area (Å²) in [6, 6.07) is 18.7. The van der Waals surface area contributed by atoms with Gasteiger partial charge in [0.1, 0.15) is 5.69 Å². The van der Waals surface area contributed by atoms with Crippen LogP contribution in [0.2, 0.25) is 0 Å². The van der Waals surface area contributed by atoms with Gasteiger partial charge in [0.2, 0.25) is 0 Å². The van der Waals surface area contributed by atoms with Crippen LogP contribution in [0.3, 0.4) is 0 Å². The minimum Gasteiger partial charge on any atom is -0.338 e. The first-order chi connectivity index (χ1) is 15.7. The number of carbonyl (C=O) groups excluding carboxylic acids is 1. The SMILES string of the molecule is CCc1ccc(-c2nn(-c3ccccc3)cc2C(=O)N2CCC(n3ccnc3)CC2)cc1. The zero-order valence-corrected chi connectivity index (χ0v) is 18.3. The molecule has 0 spiro atoms. The molecule has 5 rings (SSSR count). The summed E-state index contributed by atoms with van der Waals surface area (Å²) in [6.45, 7) is 3.60. The van der Waals surface area contributed by atoms with Gasteiger partial charge >= 0.3 is 0 Å². The lowest BCUT2D eigenvalue weighted by atomic mass is 10.0. The van der Waals surface area contributed by atoms with Crippen molar-refractivity contribution in [2.75, 3.05) is 13.1 Å². The summed E-state index contributed by atoms with van der Waals surface area (Å²) in [6.07, 6.45) is 10.4. The standard InChI is InChI=1S/C26H27N5O/c1-2-20-8-10-21(11-9-20)25-24(18-31(28-25)23-6-4-3-5-7-23)26(32)29-15-12-22(13-16-29)30-17-14-27-19-30/h3-11,14,17-19,22H,2,12-13,15-16H2,1H3. The molecule has 0 saturated carbocycles. The molecule has 1 aliphatic rings. The molecule has 6 nitrogen and oxygen atoms in total. The molecule has 1 fully saturated rings. The van der Waals surface area contributed by atoms with Crippen LogP contribution in [0, 0.1) is 0 Å². The number of rotatable bonds is 5. The lowest BCUT2D eigenvalue weighted by molar-refractivity contribution is 0.0695. The van der Waals surface area contributed by atoms with Crippen molar-refractivity contribution in [3.05, 3.63) is 90.6 Å². The second-order valence-corrected chi connectivity index (χ2v) is 8.26. The highest BCUT2D eigenvalue weighted by Crippen LogP contribution is 2.28. The number of benzene rings is 2. The molecule has 0 radical (unpaired) electrons. The highest BCUT2D eigenvalue weighted by molar-refractivity contribution is 6.00. The number of hydrogen-bond donors (Lipinski definition) is 0. The first-order valence-corrected chi connectivity index (χ1v) is 11.2. The van der Waals surface area contributed by atoms with Gasteiger partial charge in [-0.1, -0.05) is 49.4 Å². The maximum Gasteiger partial charge on any atom is 0.257 e. The lowest BCUT2D eigenvalue weighted by Gasteiger charge is -2.32. The van der Waals surface area contributed by atoms with Crippen molar-refractivity contribution in [1.29, 1.82) is 0 Å². The molecule has 6 heteroatoms. The molecule has 4 aromatic rings. The smallest absolute Gasteiger partial charge is 0.257 e. The second kappa shape index (κ2) is 8.83. The Balaban J connectivity index is 1.45. The van der Waals surface area contributed by atoms with Gasteiger partial charge in [0.15, 0.2) is 0 Å². The summed E-state index contributed by atoms with van der Waals surface area (Å²) < 4.78 is 3.96. The van der Waals surface area contributed by atoms with Gasteiger partial charge in [0.25, 0.3) is 5.91 Å². The Morgan fingerprint density at radius 1 is 1.03 bits per heavy atom. The van der Waals surface area contributed by atoms with Gasteiger partial charge in [-0.25, -0.2) is 9.67 Å². The van der Waals surface area contributed by atoms with E-state index >= 15 is 0 Å². The third kappa shape index (κ3) is 3.96. The summed E-state index contributed by atoms with van der Waals surface area (Å²) >= 11 is 0. The van der Waals surface area contributed by atoms with E-state index in [1.165, 1.54) is 5.56 Å². The van der Waals surface area contributed by atoms with E-state index < -0.39 is 0 Å². The summed E-state index contributed by atoms with van der Waals surface area (Å²) in [7, 11) is 0. The van der Waals surface area contributed by atoms with Crippen LogP contribution in [0.1, 0.15) is 41.7 Å². The zero-order valence-electron chi connectivity index (χ0n) is 18.3. The summed E-state index contributed by atoms with van der Waals surface area (Å²) in [4.78, 5) is 19.7. The number of nitrogens with zero attached hydrogens (tertiary/aromatic N) is 5. The minimum atomic E-state index is 0.0471. The highest BCUT2D eigenvalue weighted by Gasteiger charge is 2.28. The van der Waals surface area contributed by atoms with Crippen LogP contribution < -0.4 is 0 Å². The van der Waals surface area contributed by atoms with Crippen LogP contribution in [0.5, 0.6) is 0 Å². The van der Waals surface area contributed by atoms with Crippen molar-refractivity contribution in [2.24, 2.45) is 0 Å². The maximum atomic E-state index is 13.6. The average Bonchev–Trinajstić information content (AvgIpc) is 3.55. The Morgan fingerprint density at radius 2 is 1.78 bits per heavy atom. The van der Waals surface area contributed by atoms with Crippen LogP contribution in [0.15, 0.2) is 79.5 Å². The lowest BCUT2D eigenvalue weighted by Crippen LogP contribution is -2.39. The molecule has 1 aliphatic heterocycles. The van der Waals surface area contributed by atoms with Crippen molar-refractivity contribution < 1.29 is 4.79 Å². The molecular weight excluding hydrogens is 398 g/mol. The van der Waals surface area contributed by atoms with E-state index in [1.807, 2.05) is 64.8 Å². The molecule has 0 unspecified atom stereocenters. The molecule has 32 heavy (non-hydrogen) atoms. The Morgan fingerprint density at radius 3 is 2.44 bits per heavy atom. The number of likely N-dealkylation sites (tertiary alicyclic amines) is 1. The molecule has 2 aromatic heterocycles.